The minimum Gasteiger partial charge on any atom is -0.508 e. The van der Waals surface area contributed by atoms with E-state index in [4.69, 9.17) is 0 Å². The van der Waals surface area contributed by atoms with Gasteiger partial charge >= 0.3 is 0 Å². The Hall–Kier alpha value is -1.55. The lowest BCUT2D eigenvalue weighted by atomic mass is 10.1. The first-order chi connectivity index (χ1) is 7.66. The fourth-order valence-electron chi connectivity index (χ4n) is 1.94. The lowest BCUT2D eigenvalue weighted by molar-refractivity contribution is 0.0939. The third kappa shape index (κ3) is 2.33. The first-order valence-electron chi connectivity index (χ1n) is 5.48. The van der Waals surface area contributed by atoms with Gasteiger partial charge in [0.15, 0.2) is 0 Å². The molecule has 16 heavy (non-hydrogen) atoms. The van der Waals surface area contributed by atoms with E-state index in [0.29, 0.717) is 5.56 Å². The number of aromatic hydroxyl groups is 1. The first kappa shape index (κ1) is 11.0. The molecule has 0 radical (unpaired) electrons. The Morgan fingerprint density at radius 3 is 3.00 bits per heavy atom. The third-order valence-corrected chi connectivity index (χ3v) is 2.85. The van der Waals surface area contributed by atoms with Crippen molar-refractivity contribution in [3.05, 3.63) is 29.3 Å². The molecule has 0 unspecified atom stereocenters. The molecule has 0 aliphatic carbocycles. The molecule has 1 heterocycles. The molecule has 1 aliphatic rings. The number of hydrogen-bond acceptors (Lipinski definition) is 3. The predicted molar refractivity (Wildman–Crippen MR) is 61.6 cm³/mol. The summed E-state index contributed by atoms with van der Waals surface area (Å²) in [7, 11) is 0. The zero-order valence-corrected chi connectivity index (χ0v) is 9.29. The van der Waals surface area contributed by atoms with Gasteiger partial charge in [-0.25, -0.2) is 0 Å². The molecule has 1 fully saturated rings. The summed E-state index contributed by atoms with van der Waals surface area (Å²) in [4.78, 5) is 11.9. The number of nitrogens with one attached hydrogen (secondary N) is 2. The van der Waals surface area contributed by atoms with E-state index >= 15 is 0 Å². The molecule has 1 atom stereocenters. The summed E-state index contributed by atoms with van der Waals surface area (Å²) in [6.45, 7) is 3.61. The molecule has 1 aromatic carbocycles. The van der Waals surface area contributed by atoms with Crippen LogP contribution in [0.2, 0.25) is 0 Å². The maximum Gasteiger partial charge on any atom is 0.251 e. The van der Waals surface area contributed by atoms with Crippen molar-refractivity contribution in [1.29, 1.82) is 0 Å². The highest BCUT2D eigenvalue weighted by Crippen LogP contribution is 2.15. The van der Waals surface area contributed by atoms with Gasteiger partial charge in [0.05, 0.1) is 0 Å². The zero-order valence-electron chi connectivity index (χ0n) is 9.29. The number of phenols is 1. The second-order valence-electron chi connectivity index (χ2n) is 4.16. The van der Waals surface area contributed by atoms with Crippen LogP contribution in [-0.2, 0) is 0 Å². The summed E-state index contributed by atoms with van der Waals surface area (Å²) >= 11 is 0. The Balaban J connectivity index is 2.08. The van der Waals surface area contributed by atoms with Crippen molar-refractivity contribution in [2.24, 2.45) is 0 Å². The molecule has 1 saturated heterocycles. The van der Waals surface area contributed by atoms with Crippen LogP contribution in [0.3, 0.4) is 0 Å². The third-order valence-electron chi connectivity index (χ3n) is 2.85. The maximum atomic E-state index is 11.9. The standard InChI is InChI=1S/C12H16N2O2/c1-8-6-10(15)2-3-11(8)12(16)14-9-4-5-13-7-9/h2-3,6,9,13,15H,4-5,7H2,1H3,(H,14,16)/t9-/m1/s1. The molecule has 0 aromatic heterocycles. The van der Waals surface area contributed by atoms with Crippen molar-refractivity contribution in [2.45, 2.75) is 19.4 Å². The van der Waals surface area contributed by atoms with Gasteiger partial charge in [0.1, 0.15) is 5.75 Å². The van der Waals surface area contributed by atoms with E-state index < -0.39 is 0 Å². The maximum absolute atomic E-state index is 11.9. The molecule has 0 spiro atoms. The Labute approximate surface area is 94.7 Å². The van der Waals surface area contributed by atoms with E-state index in [2.05, 4.69) is 10.6 Å². The second-order valence-corrected chi connectivity index (χ2v) is 4.16. The van der Waals surface area contributed by atoms with Crippen molar-refractivity contribution >= 4 is 5.91 Å². The highest BCUT2D eigenvalue weighted by atomic mass is 16.3. The number of carbonyl (C=O) groups is 1. The minimum absolute atomic E-state index is 0.0637. The highest BCUT2D eigenvalue weighted by Gasteiger charge is 2.18. The highest BCUT2D eigenvalue weighted by molar-refractivity contribution is 5.96. The molecule has 1 aromatic rings. The molecule has 0 bridgehead atoms. The van der Waals surface area contributed by atoms with Crippen LogP contribution in [0, 0.1) is 6.92 Å². The molecule has 1 amide bonds. The molecular formula is C12H16N2O2. The number of amides is 1. The van der Waals surface area contributed by atoms with Crippen molar-refractivity contribution < 1.29 is 9.90 Å². The zero-order chi connectivity index (χ0) is 11.5. The molecule has 3 N–H and O–H groups in total. The Kier molecular flexibility index (Phi) is 3.10. The van der Waals surface area contributed by atoms with Crippen LogP contribution in [-0.4, -0.2) is 30.1 Å². The van der Waals surface area contributed by atoms with Gasteiger partial charge in [-0.15, -0.1) is 0 Å². The van der Waals surface area contributed by atoms with Gasteiger partial charge in [-0.3, -0.25) is 4.79 Å². The van der Waals surface area contributed by atoms with Crippen LogP contribution in [0.4, 0.5) is 0 Å². The number of aryl methyl sites for hydroxylation is 1. The average molecular weight is 220 g/mol. The van der Waals surface area contributed by atoms with Crippen molar-refractivity contribution in [3.8, 4) is 5.75 Å². The van der Waals surface area contributed by atoms with E-state index in [1.807, 2.05) is 6.92 Å². The number of phenolic OH excluding ortho intramolecular Hbond substituents is 1. The van der Waals surface area contributed by atoms with E-state index in [9.17, 15) is 9.90 Å². The van der Waals surface area contributed by atoms with Gasteiger partial charge in [-0.1, -0.05) is 0 Å². The van der Waals surface area contributed by atoms with Crippen LogP contribution >= 0.6 is 0 Å². The van der Waals surface area contributed by atoms with Gasteiger partial charge < -0.3 is 15.7 Å². The smallest absolute Gasteiger partial charge is 0.251 e. The molecule has 1 aliphatic heterocycles. The van der Waals surface area contributed by atoms with Crippen LogP contribution in [0.5, 0.6) is 5.75 Å². The quantitative estimate of drug-likeness (QED) is 0.690. The largest absolute Gasteiger partial charge is 0.508 e. The number of rotatable bonds is 2. The Morgan fingerprint density at radius 1 is 1.56 bits per heavy atom. The van der Waals surface area contributed by atoms with E-state index in [0.717, 1.165) is 25.1 Å². The summed E-state index contributed by atoms with van der Waals surface area (Å²) in [5.74, 6) is 0.128. The van der Waals surface area contributed by atoms with Crippen molar-refractivity contribution in [3.63, 3.8) is 0 Å². The minimum atomic E-state index is -0.0637. The van der Waals surface area contributed by atoms with Crippen LogP contribution in [0.25, 0.3) is 0 Å². The van der Waals surface area contributed by atoms with E-state index in [-0.39, 0.29) is 17.7 Å². The van der Waals surface area contributed by atoms with Gasteiger partial charge in [0.2, 0.25) is 0 Å². The summed E-state index contributed by atoms with van der Waals surface area (Å²) in [6, 6.07) is 5.01. The topological polar surface area (TPSA) is 61.4 Å². The van der Waals surface area contributed by atoms with Crippen molar-refractivity contribution in [1.82, 2.24) is 10.6 Å². The SMILES string of the molecule is Cc1cc(O)ccc1C(=O)N[C@@H]1CCNC1. The van der Waals surface area contributed by atoms with E-state index in [1.54, 1.807) is 12.1 Å². The Bertz CT molecular complexity index is 398. The van der Waals surface area contributed by atoms with Gasteiger partial charge in [0, 0.05) is 18.2 Å². The fraction of sp³-hybridized carbons (Fsp3) is 0.417. The Morgan fingerprint density at radius 2 is 2.38 bits per heavy atom. The lowest BCUT2D eigenvalue weighted by Crippen LogP contribution is -2.36. The monoisotopic (exact) mass is 220 g/mol. The average Bonchev–Trinajstić information content (AvgIpc) is 2.70. The number of hydrogen-bond donors (Lipinski definition) is 3. The summed E-state index contributed by atoms with van der Waals surface area (Å²) in [6.07, 6.45) is 0.975. The fourth-order valence-corrected chi connectivity index (χ4v) is 1.94. The lowest BCUT2D eigenvalue weighted by Gasteiger charge is -2.12. The molecular weight excluding hydrogens is 204 g/mol. The molecule has 86 valence electrons. The number of benzene rings is 1. The second kappa shape index (κ2) is 4.53. The predicted octanol–water partition coefficient (Wildman–Crippen LogP) is 0.792. The number of carbonyl (C=O) groups excluding carboxylic acids is 1. The normalized spacial score (nSPS) is 19.7. The molecule has 4 nitrogen and oxygen atoms in total. The molecule has 2 rings (SSSR count). The molecule has 4 heteroatoms. The molecule has 0 saturated carbocycles. The summed E-state index contributed by atoms with van der Waals surface area (Å²) < 4.78 is 0. The van der Waals surface area contributed by atoms with Gasteiger partial charge in [-0.2, -0.15) is 0 Å². The summed E-state index contributed by atoms with van der Waals surface area (Å²) in [5, 5.41) is 15.4. The summed E-state index contributed by atoms with van der Waals surface area (Å²) in [5.41, 5.74) is 1.42. The van der Waals surface area contributed by atoms with Crippen molar-refractivity contribution in [2.75, 3.05) is 13.1 Å². The van der Waals surface area contributed by atoms with Crippen LogP contribution in [0.15, 0.2) is 18.2 Å². The van der Waals surface area contributed by atoms with Gasteiger partial charge in [0.25, 0.3) is 5.91 Å². The first-order valence-corrected chi connectivity index (χ1v) is 5.48. The van der Waals surface area contributed by atoms with Gasteiger partial charge in [-0.05, 0) is 43.7 Å². The van der Waals surface area contributed by atoms with Crippen LogP contribution in [0.1, 0.15) is 22.3 Å². The van der Waals surface area contributed by atoms with Crippen LogP contribution < -0.4 is 10.6 Å². The van der Waals surface area contributed by atoms with E-state index in [1.165, 1.54) is 6.07 Å².